The Balaban J connectivity index is 3.35. The number of alkyl halides is 3. The first-order valence-corrected chi connectivity index (χ1v) is 2.87. The third kappa shape index (κ3) is 6.95. The van der Waals surface area contributed by atoms with Gasteiger partial charge in [-0.05, 0) is 0 Å². The molecule has 1 amide bonds. The highest BCUT2D eigenvalue weighted by Gasteiger charge is 2.27. The van der Waals surface area contributed by atoms with Crippen LogP contribution in [0.15, 0.2) is 0 Å². The van der Waals surface area contributed by atoms with Gasteiger partial charge < -0.3 is 10.1 Å². The van der Waals surface area contributed by atoms with E-state index in [9.17, 15) is 18.0 Å². The summed E-state index contributed by atoms with van der Waals surface area (Å²) in [6, 6.07) is 0. The SMILES string of the molecule is CNC(=O)OCCC(F)(F)F. The molecule has 0 rings (SSSR count). The lowest BCUT2D eigenvalue weighted by molar-refractivity contribution is -0.141. The maximum atomic E-state index is 11.4. The number of carbonyl (C=O) groups excluding carboxylic acids is 1. The number of hydrogen-bond donors (Lipinski definition) is 1. The molecule has 66 valence electrons. The molecule has 0 fully saturated rings. The van der Waals surface area contributed by atoms with E-state index in [0.717, 1.165) is 0 Å². The molecule has 0 aliphatic rings. The van der Waals surface area contributed by atoms with Gasteiger partial charge in [0.1, 0.15) is 6.61 Å². The molecule has 0 bridgehead atoms. The van der Waals surface area contributed by atoms with Crippen LogP contribution in [0.3, 0.4) is 0 Å². The molecule has 0 unspecified atom stereocenters. The third-order valence-corrected chi connectivity index (χ3v) is 0.823. The minimum absolute atomic E-state index is 0.636. The topological polar surface area (TPSA) is 38.3 Å². The Morgan fingerprint density at radius 1 is 1.55 bits per heavy atom. The molecule has 0 saturated heterocycles. The predicted octanol–water partition coefficient (Wildman–Crippen LogP) is 1.29. The van der Waals surface area contributed by atoms with E-state index >= 15 is 0 Å². The zero-order valence-electron chi connectivity index (χ0n) is 5.86. The Morgan fingerprint density at radius 2 is 2.09 bits per heavy atom. The molecule has 3 nitrogen and oxygen atoms in total. The Kier molecular flexibility index (Phi) is 3.70. The number of rotatable bonds is 2. The number of halogens is 3. The van der Waals surface area contributed by atoms with Crippen molar-refractivity contribution in [1.82, 2.24) is 5.32 Å². The van der Waals surface area contributed by atoms with Crippen LogP contribution in [0.5, 0.6) is 0 Å². The second-order valence-corrected chi connectivity index (χ2v) is 1.75. The van der Waals surface area contributed by atoms with E-state index < -0.39 is 25.3 Å². The first-order chi connectivity index (χ1) is 4.95. The van der Waals surface area contributed by atoms with Crippen molar-refractivity contribution in [3.63, 3.8) is 0 Å². The van der Waals surface area contributed by atoms with Crippen molar-refractivity contribution < 1.29 is 22.7 Å². The number of ether oxygens (including phenoxy) is 1. The smallest absolute Gasteiger partial charge is 0.406 e. The van der Waals surface area contributed by atoms with Crippen LogP contribution in [0.1, 0.15) is 6.42 Å². The molecule has 0 aliphatic carbocycles. The molecule has 0 saturated carbocycles. The molecular formula is C5H8F3NO2. The zero-order valence-corrected chi connectivity index (χ0v) is 5.86. The first-order valence-electron chi connectivity index (χ1n) is 2.87. The predicted molar refractivity (Wildman–Crippen MR) is 31.1 cm³/mol. The van der Waals surface area contributed by atoms with E-state index in [1.807, 2.05) is 5.32 Å². The van der Waals surface area contributed by atoms with Crippen LogP contribution in [0.25, 0.3) is 0 Å². The van der Waals surface area contributed by atoms with E-state index in [4.69, 9.17) is 0 Å². The van der Waals surface area contributed by atoms with Crippen LogP contribution < -0.4 is 5.32 Å². The van der Waals surface area contributed by atoms with Crippen LogP contribution in [-0.2, 0) is 4.74 Å². The van der Waals surface area contributed by atoms with Gasteiger partial charge in [-0.1, -0.05) is 0 Å². The summed E-state index contributed by atoms with van der Waals surface area (Å²) in [4.78, 5) is 10.2. The van der Waals surface area contributed by atoms with Gasteiger partial charge in [-0.3, -0.25) is 0 Å². The molecule has 0 aliphatic heterocycles. The summed E-state index contributed by atoms with van der Waals surface area (Å²) >= 11 is 0. The van der Waals surface area contributed by atoms with Gasteiger partial charge in [-0.15, -0.1) is 0 Å². The fraction of sp³-hybridized carbons (Fsp3) is 0.800. The van der Waals surface area contributed by atoms with Crippen molar-refractivity contribution in [3.05, 3.63) is 0 Å². The molecule has 1 N–H and O–H groups in total. The summed E-state index contributed by atoms with van der Waals surface area (Å²) in [5, 5.41) is 2.02. The highest BCUT2D eigenvalue weighted by Crippen LogP contribution is 2.18. The van der Waals surface area contributed by atoms with Gasteiger partial charge in [0.25, 0.3) is 0 Å². The van der Waals surface area contributed by atoms with Crippen molar-refractivity contribution in [1.29, 1.82) is 0 Å². The average molecular weight is 171 g/mol. The number of amides is 1. The number of alkyl carbamates (subject to hydrolysis) is 1. The van der Waals surface area contributed by atoms with Crippen LogP contribution >= 0.6 is 0 Å². The van der Waals surface area contributed by atoms with Gasteiger partial charge in [0.2, 0.25) is 0 Å². The van der Waals surface area contributed by atoms with Crippen LogP contribution in [-0.4, -0.2) is 25.9 Å². The van der Waals surface area contributed by atoms with Gasteiger partial charge in [-0.25, -0.2) is 4.79 Å². The zero-order chi connectivity index (χ0) is 8.91. The molecule has 0 aromatic carbocycles. The molecule has 0 spiro atoms. The summed E-state index contributed by atoms with van der Waals surface area (Å²) in [7, 11) is 1.27. The molecule has 6 heteroatoms. The Morgan fingerprint density at radius 3 is 2.45 bits per heavy atom. The summed E-state index contributed by atoms with van der Waals surface area (Å²) in [5.41, 5.74) is 0. The van der Waals surface area contributed by atoms with Gasteiger partial charge >= 0.3 is 12.3 Å². The lowest BCUT2D eigenvalue weighted by atomic mass is 10.4. The van der Waals surface area contributed by atoms with E-state index in [-0.39, 0.29) is 0 Å². The number of carbonyl (C=O) groups is 1. The van der Waals surface area contributed by atoms with Gasteiger partial charge in [0, 0.05) is 7.05 Å². The lowest BCUT2D eigenvalue weighted by Gasteiger charge is -2.06. The van der Waals surface area contributed by atoms with Crippen LogP contribution in [0.2, 0.25) is 0 Å². The van der Waals surface area contributed by atoms with Crippen molar-refractivity contribution in [3.8, 4) is 0 Å². The second kappa shape index (κ2) is 4.05. The van der Waals surface area contributed by atoms with E-state index in [0.29, 0.717) is 0 Å². The fourth-order valence-corrected chi connectivity index (χ4v) is 0.332. The summed E-state index contributed by atoms with van der Waals surface area (Å²) in [6.07, 6.45) is -6.23. The van der Waals surface area contributed by atoms with Gasteiger partial charge in [0.15, 0.2) is 0 Å². The highest BCUT2D eigenvalue weighted by atomic mass is 19.4. The maximum Gasteiger partial charge on any atom is 0.406 e. The standard InChI is InChI=1S/C5H8F3NO2/c1-9-4(10)11-3-2-5(6,7)8/h2-3H2,1H3,(H,9,10). The molecular weight excluding hydrogens is 163 g/mol. The molecule has 11 heavy (non-hydrogen) atoms. The Bertz CT molecular complexity index is 134. The molecule has 0 aromatic heterocycles. The largest absolute Gasteiger partial charge is 0.449 e. The van der Waals surface area contributed by atoms with Gasteiger partial charge in [0.05, 0.1) is 6.42 Å². The van der Waals surface area contributed by atoms with Crippen molar-refractivity contribution in [2.75, 3.05) is 13.7 Å². The maximum absolute atomic E-state index is 11.4. The highest BCUT2D eigenvalue weighted by molar-refractivity contribution is 5.66. The minimum Gasteiger partial charge on any atom is -0.449 e. The van der Waals surface area contributed by atoms with E-state index in [1.165, 1.54) is 7.05 Å². The molecule has 0 heterocycles. The lowest BCUT2D eigenvalue weighted by Crippen LogP contribution is -2.22. The second-order valence-electron chi connectivity index (χ2n) is 1.75. The molecule has 0 atom stereocenters. The normalized spacial score (nSPS) is 10.9. The summed E-state index contributed by atoms with van der Waals surface area (Å²) in [5.74, 6) is 0. The monoisotopic (exact) mass is 171 g/mol. The Hall–Kier alpha value is -0.940. The number of nitrogens with one attached hydrogen (secondary N) is 1. The molecule has 0 radical (unpaired) electrons. The van der Waals surface area contributed by atoms with Gasteiger partial charge in [-0.2, -0.15) is 13.2 Å². The minimum atomic E-state index is -4.27. The summed E-state index contributed by atoms with van der Waals surface area (Å²) < 4.78 is 38.3. The fourth-order valence-electron chi connectivity index (χ4n) is 0.332. The van der Waals surface area contributed by atoms with Crippen molar-refractivity contribution in [2.45, 2.75) is 12.6 Å². The summed E-state index contributed by atoms with van der Waals surface area (Å²) in [6.45, 7) is -0.636. The van der Waals surface area contributed by atoms with E-state index in [2.05, 4.69) is 4.74 Å². The van der Waals surface area contributed by atoms with Crippen molar-refractivity contribution in [2.24, 2.45) is 0 Å². The quantitative estimate of drug-likeness (QED) is 0.679. The van der Waals surface area contributed by atoms with Crippen LogP contribution in [0.4, 0.5) is 18.0 Å². The van der Waals surface area contributed by atoms with Crippen molar-refractivity contribution >= 4 is 6.09 Å². The van der Waals surface area contributed by atoms with E-state index in [1.54, 1.807) is 0 Å². The Labute approximate surface area is 61.5 Å². The third-order valence-electron chi connectivity index (χ3n) is 0.823. The van der Waals surface area contributed by atoms with Crippen LogP contribution in [0, 0.1) is 0 Å². The first kappa shape index (κ1) is 10.1. The average Bonchev–Trinajstić information content (AvgIpc) is 1.85. The number of hydrogen-bond acceptors (Lipinski definition) is 2. The molecule has 0 aromatic rings.